The van der Waals surface area contributed by atoms with Crippen LogP contribution >= 0.6 is 0 Å². The highest BCUT2D eigenvalue weighted by atomic mass is 16.5. The molecule has 140 valence electrons. The molecule has 0 aliphatic heterocycles. The molecule has 0 bridgehead atoms. The molecule has 27 heavy (non-hydrogen) atoms. The maximum absolute atomic E-state index is 12.4. The molecule has 0 saturated heterocycles. The Balaban J connectivity index is 2.29. The van der Waals surface area contributed by atoms with E-state index < -0.39 is 5.91 Å². The minimum atomic E-state index is -0.448. The zero-order valence-corrected chi connectivity index (χ0v) is 16.2. The maximum Gasteiger partial charge on any atom is 0.266 e. The second-order valence-electron chi connectivity index (χ2n) is 6.09. The molecule has 0 radical (unpaired) electrons. The topological polar surface area (TPSA) is 65.4 Å². The second-order valence-corrected chi connectivity index (χ2v) is 6.09. The number of hydrogen-bond acceptors (Lipinski definition) is 4. The van der Waals surface area contributed by atoms with Crippen molar-refractivity contribution >= 4 is 23.4 Å². The molecular formula is C22H25N3O2. The zero-order chi connectivity index (χ0) is 19.8. The van der Waals surface area contributed by atoms with Gasteiger partial charge in [-0.2, -0.15) is 5.26 Å². The SMILES string of the molecule is CCN(CC)c1ccc(C=C(C#N)C(=O)Nc2ccc(C)cc2)c(OC)c1. The van der Waals surface area contributed by atoms with E-state index in [-0.39, 0.29) is 5.57 Å². The number of carbonyl (C=O) groups is 1. The minimum Gasteiger partial charge on any atom is -0.496 e. The fourth-order valence-corrected chi connectivity index (χ4v) is 2.74. The van der Waals surface area contributed by atoms with Gasteiger partial charge in [0.15, 0.2) is 0 Å². The zero-order valence-electron chi connectivity index (χ0n) is 16.2. The van der Waals surface area contributed by atoms with Gasteiger partial charge >= 0.3 is 0 Å². The standard InChI is InChI=1S/C22H25N3O2/c1-5-25(6-2)20-12-9-17(21(14-20)27-4)13-18(15-23)22(26)24-19-10-7-16(3)8-11-19/h7-14H,5-6H2,1-4H3,(H,24,26). The van der Waals surface area contributed by atoms with Crippen LogP contribution in [0.3, 0.4) is 0 Å². The summed E-state index contributed by atoms with van der Waals surface area (Å²) in [4.78, 5) is 14.6. The molecule has 1 amide bonds. The average molecular weight is 363 g/mol. The first-order chi connectivity index (χ1) is 13.0. The summed E-state index contributed by atoms with van der Waals surface area (Å²) in [6, 6.07) is 15.1. The Kier molecular flexibility index (Phi) is 7.01. The summed E-state index contributed by atoms with van der Waals surface area (Å²) in [6.45, 7) is 7.93. The van der Waals surface area contributed by atoms with E-state index in [0.29, 0.717) is 17.0 Å². The molecule has 5 nitrogen and oxygen atoms in total. The molecule has 0 aliphatic rings. The number of nitrogens with zero attached hydrogens (tertiary/aromatic N) is 2. The van der Waals surface area contributed by atoms with Crippen LogP contribution in [0.1, 0.15) is 25.0 Å². The van der Waals surface area contributed by atoms with E-state index in [9.17, 15) is 10.1 Å². The molecule has 0 fully saturated rings. The summed E-state index contributed by atoms with van der Waals surface area (Å²) in [5.74, 6) is 0.173. The summed E-state index contributed by atoms with van der Waals surface area (Å²) >= 11 is 0. The van der Waals surface area contributed by atoms with Crippen LogP contribution in [-0.2, 0) is 4.79 Å². The van der Waals surface area contributed by atoms with Crippen molar-refractivity contribution in [3.8, 4) is 11.8 Å². The molecule has 0 heterocycles. The first-order valence-electron chi connectivity index (χ1n) is 8.95. The van der Waals surface area contributed by atoms with Gasteiger partial charge in [-0.05, 0) is 51.1 Å². The summed E-state index contributed by atoms with van der Waals surface area (Å²) < 4.78 is 5.47. The number of nitriles is 1. The van der Waals surface area contributed by atoms with Crippen LogP contribution in [0.5, 0.6) is 5.75 Å². The largest absolute Gasteiger partial charge is 0.496 e. The van der Waals surface area contributed by atoms with Crippen molar-refractivity contribution in [1.29, 1.82) is 5.26 Å². The lowest BCUT2D eigenvalue weighted by Gasteiger charge is -2.22. The molecule has 0 spiro atoms. The smallest absolute Gasteiger partial charge is 0.266 e. The normalized spacial score (nSPS) is 10.9. The molecule has 0 aromatic heterocycles. The van der Waals surface area contributed by atoms with Gasteiger partial charge in [0, 0.05) is 36.1 Å². The predicted molar refractivity (Wildman–Crippen MR) is 110 cm³/mol. The van der Waals surface area contributed by atoms with E-state index in [2.05, 4.69) is 24.1 Å². The number of methoxy groups -OCH3 is 1. The molecule has 2 rings (SSSR count). The maximum atomic E-state index is 12.4. The molecule has 0 atom stereocenters. The van der Waals surface area contributed by atoms with Crippen LogP contribution < -0.4 is 15.0 Å². The summed E-state index contributed by atoms with van der Waals surface area (Å²) in [5.41, 5.74) is 3.49. The Bertz CT molecular complexity index is 860. The van der Waals surface area contributed by atoms with Gasteiger partial charge < -0.3 is 15.0 Å². The molecule has 0 unspecified atom stereocenters. The number of amides is 1. The van der Waals surface area contributed by atoms with Gasteiger partial charge in [0.05, 0.1) is 7.11 Å². The van der Waals surface area contributed by atoms with Gasteiger partial charge in [-0.3, -0.25) is 4.79 Å². The predicted octanol–water partition coefficient (Wildman–Crippen LogP) is 4.40. The number of rotatable bonds is 7. The molecular weight excluding hydrogens is 338 g/mol. The van der Waals surface area contributed by atoms with Crippen molar-refractivity contribution in [3.63, 3.8) is 0 Å². The van der Waals surface area contributed by atoms with Crippen LogP contribution in [0.4, 0.5) is 11.4 Å². The van der Waals surface area contributed by atoms with E-state index in [4.69, 9.17) is 4.74 Å². The van der Waals surface area contributed by atoms with Gasteiger partial charge in [0.1, 0.15) is 17.4 Å². The van der Waals surface area contributed by atoms with Crippen molar-refractivity contribution in [3.05, 3.63) is 59.2 Å². The Morgan fingerprint density at radius 3 is 2.41 bits per heavy atom. The number of hydrogen-bond donors (Lipinski definition) is 1. The Hall–Kier alpha value is -3.26. The summed E-state index contributed by atoms with van der Waals surface area (Å²) in [5, 5.41) is 12.2. The Labute approximate surface area is 160 Å². The minimum absolute atomic E-state index is 0.0180. The fourth-order valence-electron chi connectivity index (χ4n) is 2.74. The van der Waals surface area contributed by atoms with Crippen molar-refractivity contribution in [2.24, 2.45) is 0 Å². The van der Waals surface area contributed by atoms with E-state index >= 15 is 0 Å². The van der Waals surface area contributed by atoms with Crippen molar-refractivity contribution in [1.82, 2.24) is 0 Å². The third-order valence-electron chi connectivity index (χ3n) is 4.32. The first-order valence-corrected chi connectivity index (χ1v) is 8.95. The number of carbonyl (C=O) groups excluding carboxylic acids is 1. The number of benzene rings is 2. The fraction of sp³-hybridized carbons (Fsp3) is 0.273. The van der Waals surface area contributed by atoms with Gasteiger partial charge in [-0.1, -0.05) is 17.7 Å². The molecule has 5 heteroatoms. The monoisotopic (exact) mass is 363 g/mol. The quantitative estimate of drug-likeness (QED) is 0.585. The molecule has 2 aromatic carbocycles. The van der Waals surface area contributed by atoms with E-state index in [0.717, 1.165) is 24.3 Å². The highest BCUT2D eigenvalue weighted by Gasteiger charge is 2.12. The number of nitrogens with one attached hydrogen (secondary N) is 1. The van der Waals surface area contributed by atoms with Gasteiger partial charge in [-0.25, -0.2) is 0 Å². The third kappa shape index (κ3) is 5.11. The summed E-state index contributed by atoms with van der Waals surface area (Å²) in [6.07, 6.45) is 1.55. The lowest BCUT2D eigenvalue weighted by atomic mass is 10.1. The second kappa shape index (κ2) is 9.44. The van der Waals surface area contributed by atoms with Gasteiger partial charge in [-0.15, -0.1) is 0 Å². The van der Waals surface area contributed by atoms with Crippen molar-refractivity contribution in [2.75, 3.05) is 30.4 Å². The van der Waals surface area contributed by atoms with Gasteiger partial charge in [0.25, 0.3) is 5.91 Å². The van der Waals surface area contributed by atoms with Crippen LogP contribution in [0, 0.1) is 18.3 Å². The van der Waals surface area contributed by atoms with E-state index in [1.807, 2.05) is 55.5 Å². The van der Waals surface area contributed by atoms with Crippen molar-refractivity contribution in [2.45, 2.75) is 20.8 Å². The van der Waals surface area contributed by atoms with Crippen LogP contribution in [-0.4, -0.2) is 26.1 Å². The lowest BCUT2D eigenvalue weighted by Crippen LogP contribution is -2.21. The van der Waals surface area contributed by atoms with Crippen LogP contribution in [0.2, 0.25) is 0 Å². The molecule has 2 aromatic rings. The van der Waals surface area contributed by atoms with Crippen LogP contribution in [0.15, 0.2) is 48.0 Å². The first kappa shape index (κ1) is 20.1. The van der Waals surface area contributed by atoms with Gasteiger partial charge in [0.2, 0.25) is 0 Å². The third-order valence-corrected chi connectivity index (χ3v) is 4.32. The highest BCUT2D eigenvalue weighted by Crippen LogP contribution is 2.27. The molecule has 0 aliphatic carbocycles. The van der Waals surface area contributed by atoms with E-state index in [1.54, 1.807) is 13.2 Å². The lowest BCUT2D eigenvalue weighted by molar-refractivity contribution is -0.112. The Morgan fingerprint density at radius 2 is 1.85 bits per heavy atom. The molecule has 0 saturated carbocycles. The summed E-state index contributed by atoms with van der Waals surface area (Å²) in [7, 11) is 1.58. The highest BCUT2D eigenvalue weighted by molar-refractivity contribution is 6.09. The number of aryl methyl sites for hydroxylation is 1. The van der Waals surface area contributed by atoms with Crippen LogP contribution in [0.25, 0.3) is 6.08 Å². The van der Waals surface area contributed by atoms with Crippen molar-refractivity contribution < 1.29 is 9.53 Å². The molecule has 1 N–H and O–H groups in total. The van der Waals surface area contributed by atoms with E-state index in [1.165, 1.54) is 0 Å². The number of ether oxygens (including phenoxy) is 1. The Morgan fingerprint density at radius 1 is 1.19 bits per heavy atom. The number of anilines is 2. The average Bonchev–Trinajstić information content (AvgIpc) is 2.69.